The standard InChI is InChI=1S/C11H19N5O/c1-7-3-4-16(9(7)6-17)10-8(2)5-13-11(14-10)15-12/h5,7,9,17H,3-4,6,12H2,1-2H3,(H,13,14,15). The summed E-state index contributed by atoms with van der Waals surface area (Å²) in [6.45, 7) is 5.18. The summed E-state index contributed by atoms with van der Waals surface area (Å²) in [6.07, 6.45) is 2.81. The van der Waals surface area contributed by atoms with Crippen LogP contribution in [0.15, 0.2) is 6.20 Å². The number of rotatable bonds is 3. The summed E-state index contributed by atoms with van der Waals surface area (Å²) < 4.78 is 0. The average molecular weight is 237 g/mol. The van der Waals surface area contributed by atoms with Crippen molar-refractivity contribution in [2.45, 2.75) is 26.3 Å². The third kappa shape index (κ3) is 2.18. The number of aliphatic hydroxyl groups is 1. The number of anilines is 2. The fourth-order valence-electron chi connectivity index (χ4n) is 2.34. The van der Waals surface area contributed by atoms with E-state index < -0.39 is 0 Å². The second-order valence-corrected chi connectivity index (χ2v) is 4.55. The summed E-state index contributed by atoms with van der Waals surface area (Å²) in [5.74, 6) is 7.06. The summed E-state index contributed by atoms with van der Waals surface area (Å²) in [6, 6.07) is 0.134. The Hall–Kier alpha value is -1.40. The number of nitrogens with two attached hydrogens (primary N) is 1. The fraction of sp³-hybridized carbons (Fsp3) is 0.636. The largest absolute Gasteiger partial charge is 0.394 e. The Morgan fingerprint density at radius 3 is 3.06 bits per heavy atom. The van der Waals surface area contributed by atoms with Crippen LogP contribution in [0.2, 0.25) is 0 Å². The van der Waals surface area contributed by atoms with Gasteiger partial charge in [-0.25, -0.2) is 10.8 Å². The van der Waals surface area contributed by atoms with Crippen molar-refractivity contribution in [1.82, 2.24) is 9.97 Å². The molecule has 6 nitrogen and oxygen atoms in total. The highest BCUT2D eigenvalue weighted by molar-refractivity contribution is 5.50. The molecule has 0 aromatic carbocycles. The summed E-state index contributed by atoms with van der Waals surface area (Å²) >= 11 is 0. The van der Waals surface area contributed by atoms with Crippen molar-refractivity contribution in [1.29, 1.82) is 0 Å². The van der Waals surface area contributed by atoms with E-state index in [0.717, 1.165) is 24.3 Å². The lowest BCUT2D eigenvalue weighted by molar-refractivity contribution is 0.244. The number of nitrogens with one attached hydrogen (secondary N) is 1. The van der Waals surface area contributed by atoms with Crippen molar-refractivity contribution < 1.29 is 5.11 Å². The van der Waals surface area contributed by atoms with Crippen LogP contribution in [-0.2, 0) is 0 Å². The third-order valence-corrected chi connectivity index (χ3v) is 3.42. The Bertz CT molecular complexity index is 397. The van der Waals surface area contributed by atoms with Crippen LogP contribution in [0.5, 0.6) is 0 Å². The SMILES string of the molecule is Cc1cnc(NN)nc1N1CCC(C)C1CO. The highest BCUT2D eigenvalue weighted by atomic mass is 16.3. The molecule has 1 aliphatic heterocycles. The molecular weight excluding hydrogens is 218 g/mol. The van der Waals surface area contributed by atoms with Gasteiger partial charge in [0.15, 0.2) is 0 Å². The van der Waals surface area contributed by atoms with Gasteiger partial charge in [-0.15, -0.1) is 0 Å². The first-order valence-electron chi connectivity index (χ1n) is 5.85. The number of nitrogen functional groups attached to an aromatic ring is 1. The maximum atomic E-state index is 9.46. The van der Waals surface area contributed by atoms with Crippen LogP contribution in [-0.4, -0.2) is 34.3 Å². The van der Waals surface area contributed by atoms with Crippen LogP contribution in [0, 0.1) is 12.8 Å². The minimum Gasteiger partial charge on any atom is -0.394 e. The van der Waals surface area contributed by atoms with Gasteiger partial charge in [0.05, 0.1) is 12.6 Å². The molecule has 0 spiro atoms. The molecule has 2 heterocycles. The Morgan fingerprint density at radius 2 is 2.41 bits per heavy atom. The molecule has 0 radical (unpaired) electrons. The van der Waals surface area contributed by atoms with E-state index in [1.165, 1.54) is 0 Å². The number of aliphatic hydroxyl groups excluding tert-OH is 1. The number of nitrogens with zero attached hydrogens (tertiary/aromatic N) is 3. The number of hydrogen-bond acceptors (Lipinski definition) is 6. The van der Waals surface area contributed by atoms with Crippen LogP contribution in [0.1, 0.15) is 18.9 Å². The molecule has 2 rings (SSSR count). The van der Waals surface area contributed by atoms with Crippen LogP contribution in [0.25, 0.3) is 0 Å². The van der Waals surface area contributed by atoms with Gasteiger partial charge in [-0.3, -0.25) is 5.43 Å². The summed E-state index contributed by atoms with van der Waals surface area (Å²) in [7, 11) is 0. The van der Waals surface area contributed by atoms with Gasteiger partial charge < -0.3 is 10.0 Å². The zero-order valence-corrected chi connectivity index (χ0v) is 10.2. The first-order chi connectivity index (χ1) is 8.17. The lowest BCUT2D eigenvalue weighted by Gasteiger charge is -2.27. The monoisotopic (exact) mass is 237 g/mol. The first-order valence-corrected chi connectivity index (χ1v) is 5.85. The molecule has 94 valence electrons. The Balaban J connectivity index is 2.32. The minimum atomic E-state index is 0.134. The minimum absolute atomic E-state index is 0.134. The Morgan fingerprint density at radius 1 is 1.65 bits per heavy atom. The van der Waals surface area contributed by atoms with Gasteiger partial charge in [-0.1, -0.05) is 6.92 Å². The normalized spacial score (nSPS) is 24.1. The second-order valence-electron chi connectivity index (χ2n) is 4.55. The predicted octanol–water partition coefficient (Wildman–Crippen LogP) is 0.278. The molecule has 0 amide bonds. The summed E-state index contributed by atoms with van der Waals surface area (Å²) in [4.78, 5) is 10.6. The predicted molar refractivity (Wildman–Crippen MR) is 66.6 cm³/mol. The van der Waals surface area contributed by atoms with Gasteiger partial charge in [0, 0.05) is 18.3 Å². The smallest absolute Gasteiger partial charge is 0.239 e. The lowest BCUT2D eigenvalue weighted by Crippen LogP contribution is -2.36. The van der Waals surface area contributed by atoms with E-state index in [2.05, 4.69) is 27.2 Å². The lowest BCUT2D eigenvalue weighted by atomic mass is 10.0. The molecule has 6 heteroatoms. The number of aromatic nitrogens is 2. The number of hydrogen-bond donors (Lipinski definition) is 3. The molecular formula is C11H19N5O. The quantitative estimate of drug-likeness (QED) is 0.517. The maximum absolute atomic E-state index is 9.46. The zero-order chi connectivity index (χ0) is 12.4. The third-order valence-electron chi connectivity index (χ3n) is 3.42. The van der Waals surface area contributed by atoms with E-state index in [0.29, 0.717) is 11.9 Å². The first kappa shape index (κ1) is 12.1. The molecule has 1 aromatic rings. The topological polar surface area (TPSA) is 87.3 Å². The van der Waals surface area contributed by atoms with E-state index in [-0.39, 0.29) is 12.6 Å². The molecule has 2 unspecified atom stereocenters. The van der Waals surface area contributed by atoms with Crippen molar-refractivity contribution in [3.8, 4) is 0 Å². The van der Waals surface area contributed by atoms with E-state index in [9.17, 15) is 5.11 Å². The van der Waals surface area contributed by atoms with Gasteiger partial charge >= 0.3 is 0 Å². The van der Waals surface area contributed by atoms with Gasteiger partial charge in [-0.05, 0) is 19.3 Å². The summed E-state index contributed by atoms with van der Waals surface area (Å²) in [5.41, 5.74) is 3.45. The van der Waals surface area contributed by atoms with E-state index >= 15 is 0 Å². The van der Waals surface area contributed by atoms with Gasteiger partial charge in [-0.2, -0.15) is 4.98 Å². The van der Waals surface area contributed by atoms with Gasteiger partial charge in [0.25, 0.3) is 0 Å². The molecule has 17 heavy (non-hydrogen) atoms. The average Bonchev–Trinajstić information content (AvgIpc) is 2.71. The molecule has 1 saturated heterocycles. The highest BCUT2D eigenvalue weighted by Crippen LogP contribution is 2.30. The van der Waals surface area contributed by atoms with Crippen molar-refractivity contribution in [3.63, 3.8) is 0 Å². The maximum Gasteiger partial charge on any atom is 0.239 e. The zero-order valence-electron chi connectivity index (χ0n) is 10.2. The Labute approximate surface area is 101 Å². The number of aryl methyl sites for hydroxylation is 1. The molecule has 0 bridgehead atoms. The second kappa shape index (κ2) is 4.85. The Kier molecular flexibility index (Phi) is 3.44. The molecule has 0 saturated carbocycles. The highest BCUT2D eigenvalue weighted by Gasteiger charge is 2.32. The van der Waals surface area contributed by atoms with E-state index in [4.69, 9.17) is 5.84 Å². The summed E-state index contributed by atoms with van der Waals surface area (Å²) in [5, 5.41) is 9.46. The van der Waals surface area contributed by atoms with Crippen molar-refractivity contribution >= 4 is 11.8 Å². The number of hydrazine groups is 1. The van der Waals surface area contributed by atoms with Crippen molar-refractivity contribution in [3.05, 3.63) is 11.8 Å². The van der Waals surface area contributed by atoms with Crippen LogP contribution >= 0.6 is 0 Å². The molecule has 4 N–H and O–H groups in total. The molecule has 1 fully saturated rings. The molecule has 1 aliphatic rings. The van der Waals surface area contributed by atoms with Crippen LogP contribution in [0.3, 0.4) is 0 Å². The van der Waals surface area contributed by atoms with Crippen LogP contribution in [0.4, 0.5) is 11.8 Å². The van der Waals surface area contributed by atoms with Crippen molar-refractivity contribution in [2.24, 2.45) is 11.8 Å². The van der Waals surface area contributed by atoms with Gasteiger partial charge in [0.2, 0.25) is 5.95 Å². The van der Waals surface area contributed by atoms with E-state index in [1.54, 1.807) is 6.20 Å². The molecule has 0 aliphatic carbocycles. The van der Waals surface area contributed by atoms with Crippen molar-refractivity contribution in [2.75, 3.05) is 23.5 Å². The molecule has 1 aromatic heterocycles. The molecule has 2 atom stereocenters. The van der Waals surface area contributed by atoms with Crippen LogP contribution < -0.4 is 16.2 Å². The van der Waals surface area contributed by atoms with E-state index in [1.807, 2.05) is 6.92 Å². The van der Waals surface area contributed by atoms with Gasteiger partial charge in [0.1, 0.15) is 5.82 Å². The fourth-order valence-corrected chi connectivity index (χ4v) is 2.34.